The second kappa shape index (κ2) is 6.53. The van der Waals surface area contributed by atoms with Crippen LogP contribution in [0.3, 0.4) is 0 Å². The van der Waals surface area contributed by atoms with Crippen LogP contribution < -0.4 is 0 Å². The van der Waals surface area contributed by atoms with Crippen molar-refractivity contribution < 1.29 is 8.42 Å². The summed E-state index contributed by atoms with van der Waals surface area (Å²) in [5.41, 5.74) is 0. The lowest BCUT2D eigenvalue weighted by Crippen LogP contribution is -2.32. The number of alkyl halides is 3. The molecule has 94 valence electrons. The van der Waals surface area contributed by atoms with Crippen LogP contribution in [0.15, 0.2) is 0 Å². The van der Waals surface area contributed by atoms with Crippen LogP contribution in [-0.2, 0) is 10.0 Å². The van der Waals surface area contributed by atoms with Crippen molar-refractivity contribution in [2.45, 2.75) is 22.9 Å². The van der Waals surface area contributed by atoms with E-state index in [1.807, 2.05) is 0 Å². The van der Waals surface area contributed by atoms with Crippen molar-refractivity contribution in [3.05, 3.63) is 0 Å². The lowest BCUT2D eigenvalue weighted by molar-refractivity contribution is 0.547. The molecule has 0 saturated carbocycles. The minimum atomic E-state index is -3.53. The summed E-state index contributed by atoms with van der Waals surface area (Å²) in [4.78, 5) is 0. The van der Waals surface area contributed by atoms with Crippen LogP contribution >= 0.6 is 46.8 Å². The second-order valence-electron chi connectivity index (χ2n) is 3.10. The molecule has 0 amide bonds. The van der Waals surface area contributed by atoms with Gasteiger partial charge < -0.3 is 0 Å². The van der Waals surface area contributed by atoms with Crippen molar-refractivity contribution in [1.82, 2.24) is 3.71 Å². The molecule has 0 bridgehead atoms. The Hall–Kier alpha value is 0.620. The van der Waals surface area contributed by atoms with Crippen molar-refractivity contribution in [2.75, 3.05) is 12.3 Å². The summed E-state index contributed by atoms with van der Waals surface area (Å²) in [5, 5.41) is 7.92. The number of hydrogen-bond donors (Lipinski definition) is 0. The van der Waals surface area contributed by atoms with E-state index in [2.05, 4.69) is 0 Å². The quantitative estimate of drug-likeness (QED) is 0.443. The van der Waals surface area contributed by atoms with Gasteiger partial charge in [0, 0.05) is 0 Å². The molecule has 0 aliphatic heterocycles. The van der Waals surface area contributed by atoms with E-state index in [0.717, 1.165) is 15.7 Å². The third kappa shape index (κ3) is 5.80. The first-order chi connectivity index (χ1) is 7.11. The lowest BCUT2D eigenvalue weighted by Gasteiger charge is -2.22. The molecule has 4 nitrogen and oxygen atoms in total. The van der Waals surface area contributed by atoms with E-state index in [0.29, 0.717) is 0 Å². The molecular weight excluding hydrogens is 315 g/mol. The minimum absolute atomic E-state index is 0.0364. The fourth-order valence-corrected chi connectivity index (χ4v) is 3.50. The zero-order valence-corrected chi connectivity index (χ0v) is 12.6. The summed E-state index contributed by atoms with van der Waals surface area (Å²) in [5.74, 6) is -0.0364. The summed E-state index contributed by atoms with van der Waals surface area (Å²) in [6.45, 7) is 2.77. The van der Waals surface area contributed by atoms with E-state index >= 15 is 0 Å². The van der Waals surface area contributed by atoms with Gasteiger partial charge in [-0.2, -0.15) is 5.26 Å². The Labute approximate surface area is 115 Å². The maximum Gasteiger partial charge on any atom is 0.226 e. The number of nitriles is 1. The van der Waals surface area contributed by atoms with Gasteiger partial charge in [-0.25, -0.2) is 8.42 Å². The molecule has 0 radical (unpaired) electrons. The maximum absolute atomic E-state index is 11.8. The van der Waals surface area contributed by atoms with E-state index in [9.17, 15) is 8.42 Å². The average Bonchev–Trinajstić information content (AvgIpc) is 2.10. The minimum Gasteiger partial charge on any atom is -0.211 e. The summed E-state index contributed by atoms with van der Waals surface area (Å²) < 4.78 is 22.9. The summed E-state index contributed by atoms with van der Waals surface area (Å²) >= 11 is 17.4. The van der Waals surface area contributed by atoms with E-state index in [1.165, 1.54) is 13.8 Å². The van der Waals surface area contributed by atoms with Crippen molar-refractivity contribution in [1.29, 1.82) is 5.26 Å². The van der Waals surface area contributed by atoms with Crippen LogP contribution in [0.4, 0.5) is 0 Å². The molecule has 0 unspecified atom stereocenters. The Bertz CT molecular complexity index is 359. The van der Waals surface area contributed by atoms with Crippen molar-refractivity contribution in [2.24, 2.45) is 0 Å². The fourth-order valence-electron chi connectivity index (χ4n) is 0.647. The van der Waals surface area contributed by atoms with Crippen LogP contribution in [0.1, 0.15) is 13.8 Å². The number of sulfonamides is 1. The Morgan fingerprint density at radius 3 is 2.25 bits per heavy atom. The van der Waals surface area contributed by atoms with Crippen LogP contribution in [0.5, 0.6) is 0 Å². The van der Waals surface area contributed by atoms with Gasteiger partial charge in [-0.15, -0.1) is 3.71 Å². The van der Waals surface area contributed by atoms with Gasteiger partial charge in [0.05, 0.1) is 17.1 Å². The van der Waals surface area contributed by atoms with Crippen LogP contribution in [0.25, 0.3) is 0 Å². The molecule has 16 heavy (non-hydrogen) atoms. The Morgan fingerprint density at radius 2 is 1.94 bits per heavy atom. The number of hydrogen-bond acceptors (Lipinski definition) is 4. The molecular formula is C7H11Cl3N2O2S2. The third-order valence-electron chi connectivity index (χ3n) is 1.45. The van der Waals surface area contributed by atoms with E-state index in [-0.39, 0.29) is 12.3 Å². The third-order valence-corrected chi connectivity index (χ3v) is 6.13. The first-order valence-corrected chi connectivity index (χ1v) is 7.77. The number of rotatable bonds is 5. The predicted octanol–water partition coefficient (Wildman–Crippen LogP) is 2.57. The van der Waals surface area contributed by atoms with E-state index < -0.39 is 19.1 Å². The highest BCUT2D eigenvalue weighted by atomic mass is 35.6. The number of nitrogens with zero attached hydrogens (tertiary/aromatic N) is 2. The smallest absolute Gasteiger partial charge is 0.211 e. The molecule has 0 aliphatic carbocycles. The first kappa shape index (κ1) is 16.6. The molecule has 0 aromatic carbocycles. The molecule has 9 heteroatoms. The molecule has 0 spiro atoms. The van der Waals surface area contributed by atoms with Gasteiger partial charge >= 0.3 is 0 Å². The zero-order chi connectivity index (χ0) is 13.0. The van der Waals surface area contributed by atoms with E-state index in [1.54, 1.807) is 6.07 Å². The van der Waals surface area contributed by atoms with Gasteiger partial charge in [-0.3, -0.25) is 0 Å². The fraction of sp³-hybridized carbons (Fsp3) is 0.857. The Balaban J connectivity index is 4.72. The Kier molecular flexibility index (Phi) is 6.78. The standard InChI is InChI=1S/C7H11Cl3N2O2S2/c1-6(2)16(13,14)12(4-3-11)15-5-7(8,9)10/h6H,4-5H2,1-2H3. The Morgan fingerprint density at radius 1 is 1.44 bits per heavy atom. The number of halogens is 3. The van der Waals surface area contributed by atoms with Gasteiger partial charge in [0.2, 0.25) is 13.8 Å². The molecule has 0 N–H and O–H groups in total. The monoisotopic (exact) mass is 324 g/mol. The molecule has 0 aliphatic rings. The predicted molar refractivity (Wildman–Crippen MR) is 69.1 cm³/mol. The van der Waals surface area contributed by atoms with Crippen LogP contribution in [0.2, 0.25) is 0 Å². The van der Waals surface area contributed by atoms with Gasteiger partial charge in [-0.1, -0.05) is 46.8 Å². The van der Waals surface area contributed by atoms with Crippen molar-refractivity contribution in [3.8, 4) is 6.07 Å². The van der Waals surface area contributed by atoms with Crippen molar-refractivity contribution in [3.63, 3.8) is 0 Å². The molecule has 0 heterocycles. The first-order valence-electron chi connectivity index (χ1n) is 4.19. The molecule has 0 saturated heterocycles. The largest absolute Gasteiger partial charge is 0.226 e. The molecule has 0 aromatic heterocycles. The molecule has 0 aromatic rings. The summed E-state index contributed by atoms with van der Waals surface area (Å²) in [6.07, 6.45) is 0. The van der Waals surface area contributed by atoms with Gasteiger partial charge in [0.1, 0.15) is 6.54 Å². The SMILES string of the molecule is CC(C)S(=O)(=O)N(CC#N)SCC(Cl)(Cl)Cl. The second-order valence-corrected chi connectivity index (χ2v) is 9.25. The van der Waals surface area contributed by atoms with Crippen molar-refractivity contribution >= 4 is 56.8 Å². The zero-order valence-electron chi connectivity index (χ0n) is 8.65. The summed E-state index contributed by atoms with van der Waals surface area (Å²) in [7, 11) is -3.53. The maximum atomic E-state index is 11.8. The van der Waals surface area contributed by atoms with E-state index in [4.69, 9.17) is 40.1 Å². The molecule has 0 atom stereocenters. The highest BCUT2D eigenvalue weighted by Crippen LogP contribution is 2.33. The van der Waals surface area contributed by atoms with Crippen LogP contribution in [0, 0.1) is 11.3 Å². The van der Waals surface area contributed by atoms with Gasteiger partial charge in [0.25, 0.3) is 0 Å². The summed E-state index contributed by atoms with van der Waals surface area (Å²) in [6, 6.07) is 1.76. The normalized spacial score (nSPS) is 13.1. The van der Waals surface area contributed by atoms with Gasteiger partial charge in [0.15, 0.2) is 0 Å². The van der Waals surface area contributed by atoms with Gasteiger partial charge in [-0.05, 0) is 13.8 Å². The highest BCUT2D eigenvalue weighted by molar-refractivity contribution is 8.08. The molecule has 0 rings (SSSR count). The average molecular weight is 326 g/mol. The molecule has 0 fully saturated rings. The van der Waals surface area contributed by atoms with Crippen LogP contribution in [-0.4, -0.2) is 33.5 Å². The lowest BCUT2D eigenvalue weighted by atomic mass is 10.6. The topological polar surface area (TPSA) is 61.2 Å². The highest BCUT2D eigenvalue weighted by Gasteiger charge is 2.29.